The minimum atomic E-state index is -0.137. The lowest BCUT2D eigenvalue weighted by Crippen LogP contribution is -2.38. The van der Waals surface area contributed by atoms with Gasteiger partial charge in [-0.1, -0.05) is 12.1 Å². The fourth-order valence-corrected chi connectivity index (χ4v) is 2.54. The summed E-state index contributed by atoms with van der Waals surface area (Å²) in [6, 6.07) is 0. The number of ether oxygens (including phenoxy) is 1. The van der Waals surface area contributed by atoms with Crippen LogP contribution in [0.25, 0.3) is 11.6 Å². The van der Waals surface area contributed by atoms with Gasteiger partial charge in [-0.25, -0.2) is 4.98 Å². The number of likely N-dealkylation sites (N-methyl/N-ethyl adjacent to an activating group) is 1. The Labute approximate surface area is 114 Å². The summed E-state index contributed by atoms with van der Waals surface area (Å²) in [4.78, 5) is 10.8. The number of nitrogen functional groups attached to an aromatic ring is 1. The number of hydrogen-bond acceptors (Lipinski definition) is 8. The fraction of sp³-hybridized carbons (Fsp3) is 0.545. The second-order valence-electron chi connectivity index (χ2n) is 4.28. The first-order valence-corrected chi connectivity index (χ1v) is 7.03. The summed E-state index contributed by atoms with van der Waals surface area (Å²) in [6.45, 7) is 5.54. The molecule has 2 aromatic rings. The zero-order valence-electron chi connectivity index (χ0n) is 10.6. The first kappa shape index (κ1) is 12.5. The van der Waals surface area contributed by atoms with Crippen molar-refractivity contribution in [3.63, 3.8) is 0 Å². The van der Waals surface area contributed by atoms with Crippen LogP contribution in [0.4, 0.5) is 5.13 Å². The van der Waals surface area contributed by atoms with Crippen molar-refractivity contribution >= 4 is 16.5 Å². The fourth-order valence-electron chi connectivity index (χ4n) is 2.00. The Bertz CT molecular complexity index is 555. The molecule has 0 bridgehead atoms. The monoisotopic (exact) mass is 281 g/mol. The van der Waals surface area contributed by atoms with Crippen LogP contribution in [-0.2, 0) is 4.74 Å². The maximum atomic E-state index is 5.68. The molecule has 0 saturated carbocycles. The Morgan fingerprint density at radius 1 is 1.53 bits per heavy atom. The number of hydrogen-bond donors (Lipinski definition) is 1. The number of morpholine rings is 1. The molecule has 0 amide bonds. The predicted molar refractivity (Wildman–Crippen MR) is 70.6 cm³/mol. The van der Waals surface area contributed by atoms with Gasteiger partial charge >= 0.3 is 0 Å². The maximum absolute atomic E-state index is 5.68. The van der Waals surface area contributed by atoms with Crippen molar-refractivity contribution in [1.82, 2.24) is 20.0 Å². The van der Waals surface area contributed by atoms with Crippen LogP contribution in [0.15, 0.2) is 9.90 Å². The zero-order chi connectivity index (χ0) is 13.2. The Hall–Kier alpha value is -1.51. The van der Waals surface area contributed by atoms with Gasteiger partial charge in [0.15, 0.2) is 5.13 Å². The Kier molecular flexibility index (Phi) is 3.45. The minimum absolute atomic E-state index is 0.137. The van der Waals surface area contributed by atoms with Crippen molar-refractivity contribution in [2.45, 2.75) is 13.0 Å². The molecule has 7 nitrogen and oxygen atoms in total. The van der Waals surface area contributed by atoms with Crippen LogP contribution in [0.3, 0.4) is 0 Å². The first-order chi connectivity index (χ1) is 9.26. The van der Waals surface area contributed by atoms with Crippen LogP contribution in [0.1, 0.15) is 18.9 Å². The molecule has 2 N–H and O–H groups in total. The van der Waals surface area contributed by atoms with Gasteiger partial charge in [-0.3, -0.25) is 4.90 Å². The summed E-state index contributed by atoms with van der Waals surface area (Å²) < 4.78 is 10.9. The second kappa shape index (κ2) is 5.24. The summed E-state index contributed by atoms with van der Waals surface area (Å²) in [6.07, 6.45) is -0.137. The van der Waals surface area contributed by atoms with E-state index in [0.29, 0.717) is 29.1 Å². The lowest BCUT2D eigenvalue weighted by molar-refractivity contribution is -0.0334. The average Bonchev–Trinajstić information content (AvgIpc) is 3.07. The molecule has 19 heavy (non-hydrogen) atoms. The van der Waals surface area contributed by atoms with Crippen molar-refractivity contribution in [2.24, 2.45) is 0 Å². The standard InChI is InChI=1S/C11H15N5O2S/c1-2-16-3-4-17-8(5-16)9-14-10(18-15-9)7-6-19-11(12)13-7/h6,8H,2-5H2,1H3,(H2,12,13). The number of anilines is 1. The van der Waals surface area contributed by atoms with E-state index >= 15 is 0 Å². The third-order valence-electron chi connectivity index (χ3n) is 3.07. The maximum Gasteiger partial charge on any atom is 0.277 e. The van der Waals surface area contributed by atoms with Gasteiger partial charge in [0, 0.05) is 18.5 Å². The predicted octanol–water partition coefficient (Wildman–Crippen LogP) is 1.17. The van der Waals surface area contributed by atoms with Crippen molar-refractivity contribution in [2.75, 3.05) is 32.0 Å². The van der Waals surface area contributed by atoms with E-state index in [1.165, 1.54) is 11.3 Å². The number of thiazole rings is 1. The van der Waals surface area contributed by atoms with Crippen LogP contribution in [0.5, 0.6) is 0 Å². The number of aromatic nitrogens is 3. The van der Waals surface area contributed by atoms with Gasteiger partial charge in [-0.05, 0) is 6.54 Å². The molecule has 3 heterocycles. The molecule has 3 rings (SSSR count). The first-order valence-electron chi connectivity index (χ1n) is 6.15. The number of nitrogens with two attached hydrogens (primary N) is 1. The topological polar surface area (TPSA) is 90.3 Å². The van der Waals surface area contributed by atoms with Crippen LogP contribution in [0.2, 0.25) is 0 Å². The van der Waals surface area contributed by atoms with Gasteiger partial charge in [0.1, 0.15) is 11.8 Å². The molecule has 1 aliphatic rings. The molecule has 1 fully saturated rings. The molecular weight excluding hydrogens is 266 g/mol. The molecule has 1 aliphatic heterocycles. The van der Waals surface area contributed by atoms with E-state index in [1.54, 1.807) is 5.38 Å². The van der Waals surface area contributed by atoms with Crippen molar-refractivity contribution in [3.8, 4) is 11.6 Å². The Morgan fingerprint density at radius 3 is 3.16 bits per heavy atom. The Balaban J connectivity index is 1.77. The van der Waals surface area contributed by atoms with E-state index in [9.17, 15) is 0 Å². The highest BCUT2D eigenvalue weighted by Gasteiger charge is 2.26. The van der Waals surface area contributed by atoms with E-state index in [0.717, 1.165) is 19.6 Å². The summed E-state index contributed by atoms with van der Waals surface area (Å²) >= 11 is 1.35. The molecule has 2 aromatic heterocycles. The summed E-state index contributed by atoms with van der Waals surface area (Å²) in [5.41, 5.74) is 6.20. The zero-order valence-corrected chi connectivity index (χ0v) is 11.4. The molecule has 0 radical (unpaired) electrons. The van der Waals surface area contributed by atoms with Gasteiger partial charge in [0.2, 0.25) is 5.82 Å². The normalized spacial score (nSPS) is 20.8. The highest BCUT2D eigenvalue weighted by atomic mass is 32.1. The molecule has 1 atom stereocenters. The smallest absolute Gasteiger partial charge is 0.277 e. The van der Waals surface area contributed by atoms with Crippen LogP contribution in [-0.4, -0.2) is 46.3 Å². The molecule has 8 heteroatoms. The molecular formula is C11H15N5O2S. The second-order valence-corrected chi connectivity index (χ2v) is 5.17. The van der Waals surface area contributed by atoms with E-state index in [-0.39, 0.29) is 6.10 Å². The molecule has 1 unspecified atom stereocenters. The van der Waals surface area contributed by atoms with E-state index in [4.69, 9.17) is 15.0 Å². The summed E-state index contributed by atoms with van der Waals surface area (Å²) in [5.74, 6) is 0.958. The third-order valence-corrected chi connectivity index (χ3v) is 3.74. The van der Waals surface area contributed by atoms with Crippen molar-refractivity contribution < 1.29 is 9.26 Å². The lowest BCUT2D eigenvalue weighted by atomic mass is 10.2. The van der Waals surface area contributed by atoms with Gasteiger partial charge in [0.05, 0.1) is 6.61 Å². The average molecular weight is 281 g/mol. The summed E-state index contributed by atoms with van der Waals surface area (Å²) in [5, 5.41) is 6.27. The van der Waals surface area contributed by atoms with Gasteiger partial charge in [-0.15, -0.1) is 11.3 Å². The van der Waals surface area contributed by atoms with Crippen molar-refractivity contribution in [3.05, 3.63) is 11.2 Å². The highest BCUT2D eigenvalue weighted by molar-refractivity contribution is 7.13. The quantitative estimate of drug-likeness (QED) is 0.903. The largest absolute Gasteiger partial charge is 0.375 e. The minimum Gasteiger partial charge on any atom is -0.375 e. The molecule has 0 aromatic carbocycles. The molecule has 0 aliphatic carbocycles. The van der Waals surface area contributed by atoms with Gasteiger partial charge < -0.3 is 15.0 Å². The van der Waals surface area contributed by atoms with Gasteiger partial charge in [0.25, 0.3) is 5.89 Å². The van der Waals surface area contributed by atoms with E-state index in [2.05, 4.69) is 26.9 Å². The van der Waals surface area contributed by atoms with Crippen molar-refractivity contribution in [1.29, 1.82) is 0 Å². The molecule has 102 valence electrons. The molecule has 0 spiro atoms. The number of nitrogens with zero attached hydrogens (tertiary/aromatic N) is 4. The van der Waals surface area contributed by atoms with Crippen LogP contribution >= 0.6 is 11.3 Å². The van der Waals surface area contributed by atoms with E-state index in [1.807, 2.05) is 0 Å². The number of rotatable bonds is 3. The Morgan fingerprint density at radius 2 is 2.42 bits per heavy atom. The highest BCUT2D eigenvalue weighted by Crippen LogP contribution is 2.25. The SMILES string of the molecule is CCN1CCOC(c2noc(-c3csc(N)n3)n2)C1. The van der Waals surface area contributed by atoms with Gasteiger partial charge in [-0.2, -0.15) is 4.98 Å². The van der Waals surface area contributed by atoms with E-state index < -0.39 is 0 Å². The lowest BCUT2D eigenvalue weighted by Gasteiger charge is -2.30. The molecule has 1 saturated heterocycles. The van der Waals surface area contributed by atoms with Crippen LogP contribution in [0, 0.1) is 0 Å². The summed E-state index contributed by atoms with van der Waals surface area (Å²) in [7, 11) is 0. The third kappa shape index (κ3) is 2.60. The van der Waals surface area contributed by atoms with Crippen LogP contribution < -0.4 is 5.73 Å².